The molecule has 49 heavy (non-hydrogen) atoms. The van der Waals surface area contributed by atoms with Crippen molar-refractivity contribution >= 4 is 0 Å². The number of rotatable bonds is 4. The lowest BCUT2D eigenvalue weighted by Gasteiger charge is -2.39. The van der Waals surface area contributed by atoms with Crippen molar-refractivity contribution in [2.24, 2.45) is 23.7 Å². The average molecular weight is 692 g/mol. The molecule has 21 unspecified atom stereocenters. The molecule has 16 nitrogen and oxygen atoms in total. The summed E-state index contributed by atoms with van der Waals surface area (Å²) in [6.45, 7) is 0. The third-order valence-electron chi connectivity index (χ3n) is 14.2. The van der Waals surface area contributed by atoms with Gasteiger partial charge in [0.1, 0.15) is 31.1 Å². The normalized spacial score (nSPS) is 56.9. The fraction of sp³-hybridized carbons (Fsp3) is 1.00. The first-order chi connectivity index (χ1) is 24.0. The summed E-state index contributed by atoms with van der Waals surface area (Å²) in [6.07, 6.45) is 9.83. The van der Waals surface area contributed by atoms with Gasteiger partial charge in [0.05, 0.1) is 50.1 Å². The van der Waals surface area contributed by atoms with Crippen LogP contribution >= 0.6 is 0 Å². The maximum absolute atomic E-state index is 5.91. The van der Waals surface area contributed by atoms with E-state index in [4.69, 9.17) is 18.9 Å². The molecule has 9 heterocycles. The Labute approximate surface area is 291 Å². The number of methoxy groups -OCH3 is 4. The minimum Gasteiger partial charge on any atom is -0.367 e. The van der Waals surface area contributed by atoms with Gasteiger partial charge in [-0.2, -0.15) is 0 Å². The molecule has 0 spiro atoms. The molecule has 9 fully saturated rings. The van der Waals surface area contributed by atoms with Crippen molar-refractivity contribution in [3.8, 4) is 0 Å². The second-order valence-electron chi connectivity index (χ2n) is 16.4. The summed E-state index contributed by atoms with van der Waals surface area (Å²) in [7, 11) is 9.70. The van der Waals surface area contributed by atoms with Crippen LogP contribution in [0.3, 0.4) is 0 Å². The largest absolute Gasteiger partial charge is 0.367 e. The Kier molecular flexibility index (Phi) is 9.74. The summed E-state index contributed by atoms with van der Waals surface area (Å²) in [6, 6.07) is 0.987. The monoisotopic (exact) mass is 692 g/mol. The predicted octanol–water partition coefficient (Wildman–Crippen LogP) is -4.33. The van der Waals surface area contributed by atoms with Gasteiger partial charge in [0.25, 0.3) is 0 Å². The van der Waals surface area contributed by atoms with Crippen LogP contribution in [-0.4, -0.2) is 134 Å². The van der Waals surface area contributed by atoms with Crippen LogP contribution in [0.1, 0.15) is 51.4 Å². The van der Waals surface area contributed by atoms with Gasteiger partial charge < -0.3 is 23.8 Å². The maximum atomic E-state index is 5.91. The number of ether oxygens (including phenoxy) is 4. The van der Waals surface area contributed by atoms with E-state index in [-0.39, 0.29) is 98.4 Å². The van der Waals surface area contributed by atoms with E-state index in [1.807, 2.05) is 28.4 Å². The highest BCUT2D eigenvalue weighted by Crippen LogP contribution is 2.37. The first-order valence-corrected chi connectivity index (χ1v) is 19.3. The highest BCUT2D eigenvalue weighted by molar-refractivity contribution is 5.11. The van der Waals surface area contributed by atoms with Gasteiger partial charge in [0.2, 0.25) is 0 Å². The van der Waals surface area contributed by atoms with E-state index in [0.29, 0.717) is 23.7 Å². The van der Waals surface area contributed by atoms with Crippen LogP contribution in [0.5, 0.6) is 0 Å². The molecular formula is C33H63N12O4+. The van der Waals surface area contributed by atoms with Crippen LogP contribution < -0.4 is 63.4 Å². The van der Waals surface area contributed by atoms with Gasteiger partial charge in [-0.3, -0.25) is 58.5 Å². The molecule has 0 aromatic heterocycles. The fourth-order valence-corrected chi connectivity index (χ4v) is 11.7. The highest BCUT2D eigenvalue weighted by Gasteiger charge is 2.59. The molecule has 0 saturated carbocycles. The highest BCUT2D eigenvalue weighted by atomic mass is 16.5. The summed E-state index contributed by atoms with van der Waals surface area (Å²) >= 11 is 0. The van der Waals surface area contributed by atoms with Crippen LogP contribution in [0.15, 0.2) is 0 Å². The number of hydrogen-bond donors (Lipinski definition) is 12. The van der Waals surface area contributed by atoms with E-state index in [2.05, 4.69) is 65.5 Å². The Morgan fingerprint density at radius 3 is 1.08 bits per heavy atom. The van der Waals surface area contributed by atoms with Gasteiger partial charge >= 0.3 is 0 Å². The van der Waals surface area contributed by atoms with E-state index >= 15 is 0 Å². The first kappa shape index (κ1) is 34.1. The third-order valence-corrected chi connectivity index (χ3v) is 14.2. The van der Waals surface area contributed by atoms with Gasteiger partial charge in [0.15, 0.2) is 6.17 Å². The van der Waals surface area contributed by atoms with Gasteiger partial charge in [-0.25, -0.2) is 0 Å². The van der Waals surface area contributed by atoms with Gasteiger partial charge in [0, 0.05) is 70.2 Å². The lowest BCUT2D eigenvalue weighted by Crippen LogP contribution is -3.19. The lowest BCUT2D eigenvalue weighted by atomic mass is 9.86. The van der Waals surface area contributed by atoms with E-state index in [0.717, 1.165) is 51.4 Å². The van der Waals surface area contributed by atoms with Crippen molar-refractivity contribution in [3.63, 3.8) is 0 Å². The first-order valence-electron chi connectivity index (χ1n) is 19.3. The minimum absolute atomic E-state index is 0.0616. The number of fused-ring (bicyclic) bond motifs is 20. The molecule has 9 rings (SSSR count). The standard InChI is InChI=1S/C33H62N12O4/c1-45-32-17-9-13-21(49-5)37-25(17)33(45)43-28-16-8-12-19(47-3)35-23(16)30(42-28)39-26-14-6-10-18(46-2)34-22(14)29(38-26)40-27-15-7-11-20(48-4)36-24(15)31(41-27)44-32/h14-44H,6-13H2,1-5H3/p+1. The molecule has 0 aromatic carbocycles. The molecule has 16 heteroatoms. The van der Waals surface area contributed by atoms with Crippen LogP contribution in [-0.2, 0) is 18.9 Å². The average Bonchev–Trinajstić information content (AvgIpc) is 3.84. The minimum atomic E-state index is 0.0616. The van der Waals surface area contributed by atoms with Crippen molar-refractivity contribution in [1.82, 2.24) is 58.5 Å². The number of piperidine rings is 4. The number of nitrogens with one attached hydrogen (secondary N) is 12. The summed E-state index contributed by atoms with van der Waals surface area (Å²) in [5, 5.41) is 44.6. The zero-order valence-electron chi connectivity index (χ0n) is 29.8. The van der Waals surface area contributed by atoms with Crippen LogP contribution in [0.2, 0.25) is 0 Å². The molecule has 0 aromatic rings. The van der Waals surface area contributed by atoms with Crippen molar-refractivity contribution in [3.05, 3.63) is 0 Å². The summed E-state index contributed by atoms with van der Waals surface area (Å²) in [5.74, 6) is 1.70. The molecular weight excluding hydrogens is 628 g/mol. The topological polar surface area (TPSA) is 174 Å². The fourth-order valence-electron chi connectivity index (χ4n) is 11.7. The molecule has 278 valence electrons. The summed E-state index contributed by atoms with van der Waals surface area (Å²) < 4.78 is 23.6. The predicted molar refractivity (Wildman–Crippen MR) is 181 cm³/mol. The van der Waals surface area contributed by atoms with Crippen LogP contribution in [0, 0.1) is 23.7 Å². The molecule has 0 aliphatic carbocycles. The Morgan fingerprint density at radius 1 is 0.347 bits per heavy atom. The molecule has 12 N–H and O–H groups in total. The SMILES string of the molecule is COC1CCC2C3NC(NC4NC(NC5C6CCC(OC)NC6C(NC6NC(N3)C3NC(OC)CCC63)[NH+]5C)C3NC(OC)CCC43)C2N1. The van der Waals surface area contributed by atoms with Crippen molar-refractivity contribution in [2.45, 2.75) is 150 Å². The lowest BCUT2D eigenvalue weighted by molar-refractivity contribution is -0.926. The third kappa shape index (κ3) is 6.01. The zero-order chi connectivity index (χ0) is 33.4. The molecule has 9 aliphatic rings. The molecule has 0 radical (unpaired) electrons. The Morgan fingerprint density at radius 2 is 0.673 bits per heavy atom. The van der Waals surface area contributed by atoms with E-state index in [9.17, 15) is 0 Å². The zero-order valence-corrected chi connectivity index (χ0v) is 29.8. The Balaban J connectivity index is 1.07. The summed E-state index contributed by atoms with van der Waals surface area (Å²) in [5.41, 5.74) is 0. The van der Waals surface area contributed by atoms with E-state index in [1.54, 1.807) is 0 Å². The van der Waals surface area contributed by atoms with Gasteiger partial charge in [-0.05, 0) is 51.4 Å². The van der Waals surface area contributed by atoms with Crippen molar-refractivity contribution < 1.29 is 23.8 Å². The summed E-state index contributed by atoms with van der Waals surface area (Å²) in [4.78, 5) is 1.48. The number of likely N-dealkylation sites (N-methyl/N-ethyl adjacent to an activating group) is 1. The van der Waals surface area contributed by atoms with Gasteiger partial charge in [-0.15, -0.1) is 0 Å². The van der Waals surface area contributed by atoms with Crippen LogP contribution in [0.25, 0.3) is 0 Å². The molecule has 9 aliphatic heterocycles. The van der Waals surface area contributed by atoms with E-state index < -0.39 is 0 Å². The molecule has 21 atom stereocenters. The second kappa shape index (κ2) is 14.0. The van der Waals surface area contributed by atoms with Crippen molar-refractivity contribution in [2.75, 3.05) is 35.5 Å². The number of quaternary nitrogens is 1. The van der Waals surface area contributed by atoms with Gasteiger partial charge in [-0.1, -0.05) is 0 Å². The number of hydrogen-bond acceptors (Lipinski definition) is 15. The quantitative estimate of drug-likeness (QED) is 0.136. The molecule has 8 bridgehead atoms. The van der Waals surface area contributed by atoms with Crippen LogP contribution in [0.4, 0.5) is 0 Å². The molecule has 0 amide bonds. The van der Waals surface area contributed by atoms with E-state index in [1.165, 1.54) is 4.90 Å². The maximum Gasteiger partial charge on any atom is 0.159 e. The smallest absolute Gasteiger partial charge is 0.159 e. The Bertz CT molecular complexity index is 1160. The Hall–Kier alpha value is -0.640. The van der Waals surface area contributed by atoms with Crippen molar-refractivity contribution in [1.29, 1.82) is 0 Å². The molecule has 9 saturated heterocycles. The second-order valence-corrected chi connectivity index (χ2v) is 16.4.